The summed E-state index contributed by atoms with van der Waals surface area (Å²) in [5.74, 6) is -0.653. The van der Waals surface area contributed by atoms with Crippen molar-refractivity contribution in [1.82, 2.24) is 15.5 Å². The number of aliphatic carboxylic acids is 1. The van der Waals surface area contributed by atoms with E-state index in [-0.39, 0.29) is 30.3 Å². The van der Waals surface area contributed by atoms with Crippen molar-refractivity contribution in [3.8, 4) is 0 Å². The predicted octanol–water partition coefficient (Wildman–Crippen LogP) is 0.161. The van der Waals surface area contributed by atoms with Crippen molar-refractivity contribution in [3.63, 3.8) is 0 Å². The highest BCUT2D eigenvalue weighted by Gasteiger charge is 2.31. The molecule has 0 radical (unpaired) electrons. The van der Waals surface area contributed by atoms with Gasteiger partial charge in [0.2, 0.25) is 5.91 Å². The van der Waals surface area contributed by atoms with Crippen molar-refractivity contribution in [2.45, 2.75) is 38.1 Å². The van der Waals surface area contributed by atoms with E-state index in [9.17, 15) is 14.4 Å². The molecule has 1 unspecified atom stereocenters. The maximum atomic E-state index is 11.9. The lowest BCUT2D eigenvalue weighted by Crippen LogP contribution is -2.45. The molecule has 1 aliphatic heterocycles. The number of carbonyl (C=O) groups excluding carboxylic acids is 2. The molecule has 2 fully saturated rings. The second-order valence-corrected chi connectivity index (χ2v) is 5.38. The Morgan fingerprint density at radius 3 is 2.45 bits per heavy atom. The molecule has 7 nitrogen and oxygen atoms in total. The van der Waals surface area contributed by atoms with Crippen LogP contribution in [-0.2, 0) is 9.59 Å². The topological polar surface area (TPSA) is 98.7 Å². The Labute approximate surface area is 117 Å². The number of nitrogens with one attached hydrogen (secondary N) is 2. The summed E-state index contributed by atoms with van der Waals surface area (Å²) in [6.45, 7) is 1.38. The highest BCUT2D eigenvalue weighted by molar-refractivity contribution is 5.81. The highest BCUT2D eigenvalue weighted by atomic mass is 16.4. The molecule has 3 amide bonds. The number of hydrogen-bond acceptors (Lipinski definition) is 3. The van der Waals surface area contributed by atoms with Gasteiger partial charge in [-0.1, -0.05) is 0 Å². The third-order valence-electron chi connectivity index (χ3n) is 3.70. The standard InChI is InChI=1S/C13H21N3O4/c17-11(18)8-10-2-1-7-16(10)13(20)15-6-5-14-12(19)9-3-4-9/h9-10H,1-8H2,(H,14,19)(H,15,20)(H,17,18). The van der Waals surface area contributed by atoms with Crippen LogP contribution in [0.3, 0.4) is 0 Å². The number of hydrogen-bond donors (Lipinski definition) is 3. The van der Waals surface area contributed by atoms with Gasteiger partial charge >= 0.3 is 12.0 Å². The summed E-state index contributed by atoms with van der Waals surface area (Å²) in [5, 5.41) is 14.3. The summed E-state index contributed by atoms with van der Waals surface area (Å²) in [6, 6.07) is -0.456. The lowest BCUT2D eigenvalue weighted by Gasteiger charge is -2.23. The number of rotatable bonds is 6. The average Bonchev–Trinajstić information content (AvgIpc) is 3.15. The van der Waals surface area contributed by atoms with Crippen molar-refractivity contribution in [1.29, 1.82) is 0 Å². The minimum atomic E-state index is -0.883. The van der Waals surface area contributed by atoms with E-state index in [0.29, 0.717) is 19.6 Å². The Hall–Kier alpha value is -1.79. The molecule has 20 heavy (non-hydrogen) atoms. The van der Waals surface area contributed by atoms with E-state index in [1.165, 1.54) is 0 Å². The molecule has 112 valence electrons. The first-order chi connectivity index (χ1) is 9.58. The van der Waals surface area contributed by atoms with E-state index < -0.39 is 5.97 Å². The first-order valence-electron chi connectivity index (χ1n) is 7.12. The van der Waals surface area contributed by atoms with Crippen molar-refractivity contribution in [3.05, 3.63) is 0 Å². The lowest BCUT2D eigenvalue weighted by molar-refractivity contribution is -0.138. The van der Waals surface area contributed by atoms with Crippen LogP contribution in [0.15, 0.2) is 0 Å². The molecular weight excluding hydrogens is 262 g/mol. The zero-order valence-electron chi connectivity index (χ0n) is 11.4. The van der Waals surface area contributed by atoms with E-state index in [1.54, 1.807) is 4.90 Å². The molecule has 7 heteroatoms. The van der Waals surface area contributed by atoms with Crippen molar-refractivity contribution >= 4 is 17.9 Å². The molecule has 1 saturated heterocycles. The first kappa shape index (κ1) is 14.6. The third-order valence-corrected chi connectivity index (χ3v) is 3.70. The fraction of sp³-hybridized carbons (Fsp3) is 0.769. The van der Waals surface area contributed by atoms with Crippen LogP contribution in [0.1, 0.15) is 32.1 Å². The van der Waals surface area contributed by atoms with Gasteiger partial charge in [0.05, 0.1) is 6.42 Å². The van der Waals surface area contributed by atoms with Gasteiger partial charge in [-0.3, -0.25) is 9.59 Å². The van der Waals surface area contributed by atoms with E-state index in [0.717, 1.165) is 25.7 Å². The Kier molecular flexibility index (Phi) is 4.81. The smallest absolute Gasteiger partial charge is 0.317 e. The van der Waals surface area contributed by atoms with Gasteiger partial charge < -0.3 is 20.6 Å². The van der Waals surface area contributed by atoms with Crippen LogP contribution >= 0.6 is 0 Å². The van der Waals surface area contributed by atoms with Crippen LogP contribution in [0.25, 0.3) is 0 Å². The second-order valence-electron chi connectivity index (χ2n) is 5.38. The van der Waals surface area contributed by atoms with Gasteiger partial charge in [0.25, 0.3) is 0 Å². The molecule has 0 aromatic carbocycles. The zero-order chi connectivity index (χ0) is 14.5. The van der Waals surface area contributed by atoms with Crippen LogP contribution in [-0.4, -0.2) is 53.6 Å². The average molecular weight is 283 g/mol. The molecule has 0 spiro atoms. The summed E-state index contributed by atoms with van der Waals surface area (Å²) in [4.78, 5) is 35.6. The Balaban J connectivity index is 1.65. The molecule has 0 bridgehead atoms. The van der Waals surface area contributed by atoms with Gasteiger partial charge in [0, 0.05) is 31.6 Å². The summed E-state index contributed by atoms with van der Waals surface area (Å²) in [5.41, 5.74) is 0. The zero-order valence-corrected chi connectivity index (χ0v) is 11.4. The molecule has 1 saturated carbocycles. The van der Waals surface area contributed by atoms with Crippen LogP contribution in [0.5, 0.6) is 0 Å². The second kappa shape index (κ2) is 6.58. The molecule has 3 N–H and O–H groups in total. The van der Waals surface area contributed by atoms with E-state index in [4.69, 9.17) is 5.11 Å². The summed E-state index contributed by atoms with van der Waals surface area (Å²) in [6.07, 6.45) is 3.49. The number of amides is 3. The minimum Gasteiger partial charge on any atom is -0.481 e. The largest absolute Gasteiger partial charge is 0.481 e. The van der Waals surface area contributed by atoms with Crippen LogP contribution in [0, 0.1) is 5.92 Å². The third kappa shape index (κ3) is 4.11. The molecule has 0 aromatic heterocycles. The van der Waals surface area contributed by atoms with Gasteiger partial charge in [0.15, 0.2) is 0 Å². The number of likely N-dealkylation sites (tertiary alicyclic amines) is 1. The van der Waals surface area contributed by atoms with Gasteiger partial charge in [0.1, 0.15) is 0 Å². The van der Waals surface area contributed by atoms with Crippen LogP contribution < -0.4 is 10.6 Å². The maximum Gasteiger partial charge on any atom is 0.317 e. The summed E-state index contributed by atoms with van der Waals surface area (Å²) >= 11 is 0. The number of carbonyl (C=O) groups is 3. The Morgan fingerprint density at radius 1 is 1.10 bits per heavy atom. The minimum absolute atomic E-state index is 0.00810. The van der Waals surface area contributed by atoms with Crippen molar-refractivity contribution in [2.75, 3.05) is 19.6 Å². The maximum absolute atomic E-state index is 11.9. The molecule has 0 aromatic rings. The SMILES string of the molecule is O=C(O)CC1CCCN1C(=O)NCCNC(=O)C1CC1. The van der Waals surface area contributed by atoms with Crippen LogP contribution in [0.4, 0.5) is 4.79 Å². The van der Waals surface area contributed by atoms with Gasteiger partial charge in [-0.15, -0.1) is 0 Å². The summed E-state index contributed by atoms with van der Waals surface area (Å²) < 4.78 is 0. The first-order valence-corrected chi connectivity index (χ1v) is 7.12. The van der Waals surface area contributed by atoms with E-state index in [1.807, 2.05) is 0 Å². The van der Waals surface area contributed by atoms with Gasteiger partial charge in [-0.05, 0) is 25.7 Å². The fourth-order valence-corrected chi connectivity index (χ4v) is 2.46. The van der Waals surface area contributed by atoms with Crippen molar-refractivity contribution in [2.24, 2.45) is 5.92 Å². The monoisotopic (exact) mass is 283 g/mol. The number of nitrogens with zero attached hydrogens (tertiary/aromatic N) is 1. The van der Waals surface area contributed by atoms with Gasteiger partial charge in [-0.25, -0.2) is 4.79 Å². The molecule has 2 rings (SSSR count). The summed E-state index contributed by atoms with van der Waals surface area (Å²) in [7, 11) is 0. The molecule has 1 aliphatic carbocycles. The molecule has 1 atom stereocenters. The molecular formula is C13H21N3O4. The Morgan fingerprint density at radius 2 is 1.80 bits per heavy atom. The quantitative estimate of drug-likeness (QED) is 0.605. The Bertz CT molecular complexity index is 395. The molecule has 1 heterocycles. The van der Waals surface area contributed by atoms with Crippen LogP contribution in [0.2, 0.25) is 0 Å². The normalized spacial score (nSPS) is 21.6. The lowest BCUT2D eigenvalue weighted by atomic mass is 10.1. The van der Waals surface area contributed by atoms with Gasteiger partial charge in [-0.2, -0.15) is 0 Å². The molecule has 2 aliphatic rings. The van der Waals surface area contributed by atoms with E-state index in [2.05, 4.69) is 10.6 Å². The number of carboxylic acid groups (broad SMARTS) is 1. The highest BCUT2D eigenvalue weighted by Crippen LogP contribution is 2.28. The van der Waals surface area contributed by atoms with Crippen molar-refractivity contribution < 1.29 is 19.5 Å². The fourth-order valence-electron chi connectivity index (χ4n) is 2.46. The number of urea groups is 1. The number of carboxylic acids is 1. The van der Waals surface area contributed by atoms with E-state index >= 15 is 0 Å². The predicted molar refractivity (Wildman–Crippen MR) is 71.1 cm³/mol.